The first-order valence-corrected chi connectivity index (χ1v) is 9.80. The van der Waals surface area contributed by atoms with Gasteiger partial charge >= 0.3 is 17.9 Å². The maximum absolute atomic E-state index is 12.6. The SMILES string of the molecule is CC[C@H](C)[C@H](NC(=O)[C@H](CC(=O)O)NC(=O)[C@H](CC(=O)O)NC(=O)[C@@H](N)CC(=O)O)C(N)=O. The molecule has 0 rings (SSSR count). The summed E-state index contributed by atoms with van der Waals surface area (Å²) in [5.74, 6) is -9.22. The van der Waals surface area contributed by atoms with Crippen molar-refractivity contribution in [2.24, 2.45) is 17.4 Å². The predicted molar refractivity (Wildman–Crippen MR) is 109 cm³/mol. The van der Waals surface area contributed by atoms with Crippen LogP contribution < -0.4 is 27.4 Å². The van der Waals surface area contributed by atoms with Crippen molar-refractivity contribution in [1.29, 1.82) is 0 Å². The molecule has 0 spiro atoms. The highest BCUT2D eigenvalue weighted by atomic mass is 16.4. The van der Waals surface area contributed by atoms with Crippen molar-refractivity contribution in [1.82, 2.24) is 16.0 Å². The van der Waals surface area contributed by atoms with E-state index in [0.29, 0.717) is 6.42 Å². The molecule has 0 unspecified atom stereocenters. The van der Waals surface area contributed by atoms with Crippen molar-refractivity contribution in [3.8, 4) is 0 Å². The molecule has 5 atom stereocenters. The van der Waals surface area contributed by atoms with Gasteiger partial charge in [0.25, 0.3) is 0 Å². The molecule has 15 heteroatoms. The second-order valence-corrected chi connectivity index (χ2v) is 7.30. The van der Waals surface area contributed by atoms with Gasteiger partial charge in [-0.2, -0.15) is 0 Å². The number of carboxylic acids is 3. The number of hydrogen-bond acceptors (Lipinski definition) is 8. The van der Waals surface area contributed by atoms with Crippen LogP contribution in [0.2, 0.25) is 0 Å². The van der Waals surface area contributed by atoms with E-state index in [2.05, 4.69) is 5.32 Å². The third kappa shape index (κ3) is 10.9. The van der Waals surface area contributed by atoms with Crippen molar-refractivity contribution >= 4 is 41.5 Å². The van der Waals surface area contributed by atoms with E-state index >= 15 is 0 Å². The monoisotopic (exact) mass is 475 g/mol. The standard InChI is InChI=1S/C18H29N5O10/c1-3-7(2)14(15(20)30)23-18(33)10(6-13(28)29)22-17(32)9(5-12(26)27)21-16(31)8(19)4-11(24)25/h7-10,14H,3-6,19H2,1-2H3,(H2,20,30)(H,21,31)(H,22,32)(H,23,33)(H,24,25)(H,26,27)(H,28,29)/t7-,8-,9-,10-,14-/m0/s1. The van der Waals surface area contributed by atoms with Gasteiger partial charge < -0.3 is 42.7 Å². The Bertz CT molecular complexity index is 787. The normalized spacial score (nSPS) is 15.1. The predicted octanol–water partition coefficient (Wildman–Crippen LogP) is -3.28. The van der Waals surface area contributed by atoms with Crippen LogP contribution in [0.5, 0.6) is 0 Å². The molecule has 0 aromatic heterocycles. The maximum atomic E-state index is 12.6. The van der Waals surface area contributed by atoms with Crippen LogP contribution >= 0.6 is 0 Å². The lowest BCUT2D eigenvalue weighted by Crippen LogP contribution is -2.59. The van der Waals surface area contributed by atoms with Crippen molar-refractivity contribution in [2.45, 2.75) is 63.7 Å². The Kier molecular flexibility index (Phi) is 12.1. The van der Waals surface area contributed by atoms with E-state index in [-0.39, 0.29) is 0 Å². The van der Waals surface area contributed by atoms with Crippen LogP contribution in [0.25, 0.3) is 0 Å². The maximum Gasteiger partial charge on any atom is 0.305 e. The van der Waals surface area contributed by atoms with Gasteiger partial charge in [-0.25, -0.2) is 0 Å². The second-order valence-electron chi connectivity index (χ2n) is 7.30. The highest BCUT2D eigenvalue weighted by Crippen LogP contribution is 2.08. The Labute approximate surface area is 188 Å². The zero-order valence-electron chi connectivity index (χ0n) is 18.1. The lowest BCUT2D eigenvalue weighted by molar-refractivity contribution is -0.144. The summed E-state index contributed by atoms with van der Waals surface area (Å²) in [6, 6.07) is -6.32. The summed E-state index contributed by atoms with van der Waals surface area (Å²) in [6.07, 6.45) is -2.28. The van der Waals surface area contributed by atoms with E-state index in [1.165, 1.54) is 0 Å². The Morgan fingerprint density at radius 2 is 1.12 bits per heavy atom. The highest BCUT2D eigenvalue weighted by molar-refractivity contribution is 5.97. The van der Waals surface area contributed by atoms with Crippen LogP contribution in [0.1, 0.15) is 39.5 Å². The number of carboxylic acid groups (broad SMARTS) is 3. The molecule has 0 aromatic rings. The van der Waals surface area contributed by atoms with Crippen LogP contribution in [0.4, 0.5) is 0 Å². The molecule has 4 amide bonds. The minimum Gasteiger partial charge on any atom is -0.481 e. The number of nitrogens with two attached hydrogens (primary N) is 2. The Balaban J connectivity index is 5.61. The Morgan fingerprint density at radius 1 is 0.727 bits per heavy atom. The molecule has 0 fully saturated rings. The van der Waals surface area contributed by atoms with Crippen LogP contribution in [0.3, 0.4) is 0 Å². The van der Waals surface area contributed by atoms with Gasteiger partial charge in [-0.1, -0.05) is 20.3 Å². The molecule has 15 nitrogen and oxygen atoms in total. The average molecular weight is 475 g/mol. The van der Waals surface area contributed by atoms with E-state index in [1.807, 2.05) is 10.6 Å². The molecule has 0 radical (unpaired) electrons. The van der Waals surface area contributed by atoms with Gasteiger partial charge in [0.15, 0.2) is 0 Å². The van der Waals surface area contributed by atoms with E-state index in [0.717, 1.165) is 0 Å². The smallest absolute Gasteiger partial charge is 0.305 e. The van der Waals surface area contributed by atoms with Crippen LogP contribution in [0.15, 0.2) is 0 Å². The van der Waals surface area contributed by atoms with Crippen LogP contribution in [0, 0.1) is 5.92 Å². The van der Waals surface area contributed by atoms with Crippen molar-refractivity contribution in [2.75, 3.05) is 0 Å². The number of rotatable bonds is 15. The Morgan fingerprint density at radius 3 is 1.48 bits per heavy atom. The second kappa shape index (κ2) is 13.6. The molecule has 0 aromatic carbocycles. The van der Waals surface area contributed by atoms with Crippen molar-refractivity contribution < 1.29 is 48.9 Å². The summed E-state index contributed by atoms with van der Waals surface area (Å²) >= 11 is 0. The molecule has 0 saturated carbocycles. The molecular weight excluding hydrogens is 446 g/mol. The molecule has 0 aliphatic heterocycles. The first-order valence-electron chi connectivity index (χ1n) is 9.80. The first kappa shape index (κ1) is 29.2. The highest BCUT2D eigenvalue weighted by Gasteiger charge is 2.33. The van der Waals surface area contributed by atoms with Crippen LogP contribution in [-0.4, -0.2) is 81.0 Å². The van der Waals surface area contributed by atoms with Gasteiger partial charge in [-0.3, -0.25) is 33.6 Å². The number of amides is 4. The fraction of sp³-hybridized carbons (Fsp3) is 0.611. The summed E-state index contributed by atoms with van der Waals surface area (Å²) < 4.78 is 0. The van der Waals surface area contributed by atoms with Gasteiger partial charge in [0.2, 0.25) is 23.6 Å². The minimum absolute atomic E-state index is 0.414. The molecular formula is C18H29N5O10. The molecule has 0 bridgehead atoms. The van der Waals surface area contributed by atoms with Gasteiger partial charge in [0.05, 0.1) is 25.3 Å². The van der Waals surface area contributed by atoms with E-state index in [9.17, 15) is 33.6 Å². The zero-order chi connectivity index (χ0) is 25.9. The summed E-state index contributed by atoms with van der Waals surface area (Å²) in [4.78, 5) is 81.7. The molecule has 0 heterocycles. The fourth-order valence-corrected chi connectivity index (χ4v) is 2.58. The van der Waals surface area contributed by atoms with Crippen LogP contribution in [-0.2, 0) is 33.6 Å². The summed E-state index contributed by atoms with van der Waals surface area (Å²) in [6.45, 7) is 3.33. The van der Waals surface area contributed by atoms with E-state index in [1.54, 1.807) is 13.8 Å². The number of aliphatic carboxylic acids is 3. The Hall–Kier alpha value is -3.75. The number of primary amides is 1. The zero-order valence-corrected chi connectivity index (χ0v) is 18.1. The number of carbonyl (C=O) groups excluding carboxylic acids is 4. The fourth-order valence-electron chi connectivity index (χ4n) is 2.58. The molecule has 0 aliphatic rings. The summed E-state index contributed by atoms with van der Waals surface area (Å²) in [7, 11) is 0. The summed E-state index contributed by atoms with van der Waals surface area (Å²) in [5, 5.41) is 33.0. The third-order valence-electron chi connectivity index (χ3n) is 4.57. The first-order chi connectivity index (χ1) is 15.2. The van der Waals surface area contributed by atoms with Crippen molar-refractivity contribution in [3.05, 3.63) is 0 Å². The lowest BCUT2D eigenvalue weighted by atomic mass is 9.98. The molecule has 33 heavy (non-hydrogen) atoms. The van der Waals surface area contributed by atoms with Gasteiger partial charge in [0, 0.05) is 0 Å². The minimum atomic E-state index is -1.81. The topological polar surface area (TPSA) is 268 Å². The third-order valence-corrected chi connectivity index (χ3v) is 4.57. The quantitative estimate of drug-likeness (QED) is 0.116. The number of nitrogens with one attached hydrogen (secondary N) is 3. The van der Waals surface area contributed by atoms with E-state index in [4.69, 9.17) is 26.8 Å². The average Bonchev–Trinajstić information content (AvgIpc) is 2.68. The number of carbonyl (C=O) groups is 7. The van der Waals surface area contributed by atoms with Gasteiger partial charge in [-0.05, 0) is 5.92 Å². The molecule has 0 aliphatic carbocycles. The van der Waals surface area contributed by atoms with Crippen molar-refractivity contribution in [3.63, 3.8) is 0 Å². The summed E-state index contributed by atoms with van der Waals surface area (Å²) in [5.41, 5.74) is 10.6. The molecule has 0 saturated heterocycles. The largest absolute Gasteiger partial charge is 0.481 e. The van der Waals surface area contributed by atoms with Gasteiger partial charge in [0.1, 0.15) is 18.1 Å². The number of hydrogen-bond donors (Lipinski definition) is 8. The van der Waals surface area contributed by atoms with E-state index < -0.39 is 90.9 Å². The lowest BCUT2D eigenvalue weighted by Gasteiger charge is -2.26. The van der Waals surface area contributed by atoms with Gasteiger partial charge in [-0.15, -0.1) is 0 Å². The molecule has 10 N–H and O–H groups in total. The molecule has 186 valence electrons.